The zero-order valence-corrected chi connectivity index (χ0v) is 15.3. The monoisotopic (exact) mass is 338 g/mol. The fourth-order valence-corrected chi connectivity index (χ4v) is 4.15. The number of benzene rings is 2. The molecule has 4 heteroatoms. The average molecular weight is 339 g/mol. The Morgan fingerprint density at radius 1 is 0.762 bits per heavy atom. The van der Waals surface area contributed by atoms with Crippen molar-refractivity contribution in [3.63, 3.8) is 0 Å². The van der Waals surface area contributed by atoms with Crippen LogP contribution in [0.4, 0.5) is 0 Å². The molecule has 0 atom stereocenters. The maximum atomic E-state index is 6.53. The van der Waals surface area contributed by atoms with Crippen LogP contribution in [0.1, 0.15) is 18.1 Å². The van der Waals surface area contributed by atoms with E-state index in [9.17, 15) is 0 Å². The average Bonchev–Trinajstić information content (AvgIpc) is 2.38. The van der Waals surface area contributed by atoms with E-state index in [0.29, 0.717) is 0 Å². The van der Waals surface area contributed by atoms with Crippen LogP contribution in [0.25, 0.3) is 0 Å². The van der Waals surface area contributed by atoms with Crippen molar-refractivity contribution in [1.82, 2.24) is 0 Å². The highest BCUT2D eigenvalue weighted by Crippen LogP contribution is 2.37. The highest BCUT2D eigenvalue weighted by Gasteiger charge is 2.35. The van der Waals surface area contributed by atoms with Crippen LogP contribution < -0.4 is 0 Å². The van der Waals surface area contributed by atoms with Gasteiger partial charge in [-0.15, -0.1) is 0 Å². The largest absolute Gasteiger partial charge is 0.404 e. The summed E-state index contributed by atoms with van der Waals surface area (Å²) in [5.74, 6) is 0. The molecule has 2 aromatic carbocycles. The maximum Gasteiger partial charge on any atom is 0.185 e. The Morgan fingerprint density at radius 2 is 1.10 bits per heavy atom. The SMILES string of the molecule is CC(O[Si](C)(C)C)(c1ccc(Cl)cc1)c1ccc(Cl)cc1. The maximum absolute atomic E-state index is 6.53. The van der Waals surface area contributed by atoms with Crippen LogP contribution >= 0.6 is 23.2 Å². The molecule has 0 spiro atoms. The molecule has 2 rings (SSSR count). The molecule has 2 aromatic rings. The van der Waals surface area contributed by atoms with Gasteiger partial charge in [-0.1, -0.05) is 47.5 Å². The molecule has 0 unspecified atom stereocenters. The van der Waals surface area contributed by atoms with E-state index in [0.717, 1.165) is 21.2 Å². The minimum atomic E-state index is -1.75. The molecular formula is C17H20Cl2OSi. The summed E-state index contributed by atoms with van der Waals surface area (Å²) < 4.78 is 6.53. The molecule has 0 aromatic heterocycles. The molecule has 0 fully saturated rings. The Bertz CT molecular complexity index is 555. The topological polar surface area (TPSA) is 9.23 Å². The van der Waals surface area contributed by atoms with Crippen molar-refractivity contribution in [1.29, 1.82) is 0 Å². The van der Waals surface area contributed by atoms with E-state index >= 15 is 0 Å². The molecule has 0 N–H and O–H groups in total. The van der Waals surface area contributed by atoms with Gasteiger partial charge in [0.05, 0.1) is 0 Å². The van der Waals surface area contributed by atoms with E-state index in [1.54, 1.807) is 0 Å². The summed E-state index contributed by atoms with van der Waals surface area (Å²) in [6.45, 7) is 8.68. The Balaban J connectivity index is 2.53. The summed E-state index contributed by atoms with van der Waals surface area (Å²) in [7, 11) is -1.75. The van der Waals surface area contributed by atoms with Crippen LogP contribution in [0.15, 0.2) is 48.5 Å². The lowest BCUT2D eigenvalue weighted by Crippen LogP contribution is -2.39. The Labute approximate surface area is 138 Å². The van der Waals surface area contributed by atoms with Crippen LogP contribution in [-0.4, -0.2) is 8.32 Å². The van der Waals surface area contributed by atoms with Crippen LogP contribution in [-0.2, 0) is 10.0 Å². The van der Waals surface area contributed by atoms with Crippen LogP contribution in [0, 0.1) is 0 Å². The standard InChI is InChI=1S/C17H20Cl2OSi/c1-17(20-21(2,3)4,13-5-9-15(18)10-6-13)14-7-11-16(19)12-8-14/h5-12H,1-4H3. The van der Waals surface area contributed by atoms with Gasteiger partial charge in [0, 0.05) is 10.0 Å². The molecule has 0 bridgehead atoms. The molecule has 0 aliphatic carbocycles. The van der Waals surface area contributed by atoms with Gasteiger partial charge in [-0.2, -0.15) is 0 Å². The van der Waals surface area contributed by atoms with Gasteiger partial charge in [-0.05, 0) is 62.0 Å². The summed E-state index contributed by atoms with van der Waals surface area (Å²) >= 11 is 12.0. The van der Waals surface area contributed by atoms with Crippen molar-refractivity contribution >= 4 is 31.5 Å². The van der Waals surface area contributed by atoms with Crippen molar-refractivity contribution in [2.75, 3.05) is 0 Å². The third kappa shape index (κ3) is 4.10. The summed E-state index contributed by atoms with van der Waals surface area (Å²) in [5, 5.41) is 1.45. The normalized spacial score (nSPS) is 12.5. The molecule has 0 amide bonds. The van der Waals surface area contributed by atoms with Crippen LogP contribution in [0.5, 0.6) is 0 Å². The Hall–Kier alpha value is -0.803. The van der Waals surface area contributed by atoms with Gasteiger partial charge in [-0.25, -0.2) is 0 Å². The third-order valence-electron chi connectivity index (χ3n) is 3.30. The van der Waals surface area contributed by atoms with Crippen molar-refractivity contribution < 1.29 is 4.43 Å². The van der Waals surface area contributed by atoms with Gasteiger partial charge < -0.3 is 4.43 Å². The second-order valence-corrected chi connectivity index (χ2v) is 11.6. The first-order chi connectivity index (χ1) is 9.71. The van der Waals surface area contributed by atoms with Gasteiger partial charge >= 0.3 is 0 Å². The van der Waals surface area contributed by atoms with Crippen molar-refractivity contribution in [2.45, 2.75) is 32.2 Å². The van der Waals surface area contributed by atoms with Gasteiger partial charge in [0.1, 0.15) is 5.60 Å². The zero-order chi connectivity index (χ0) is 15.7. The molecule has 0 saturated carbocycles. The molecule has 0 saturated heterocycles. The fraction of sp³-hybridized carbons (Fsp3) is 0.294. The van der Waals surface area contributed by atoms with Gasteiger partial charge in [-0.3, -0.25) is 0 Å². The first-order valence-electron chi connectivity index (χ1n) is 6.93. The fourth-order valence-electron chi connectivity index (χ4n) is 2.43. The second kappa shape index (κ2) is 6.13. The summed E-state index contributed by atoms with van der Waals surface area (Å²) in [5.41, 5.74) is 1.69. The first-order valence-corrected chi connectivity index (χ1v) is 11.1. The minimum Gasteiger partial charge on any atom is -0.404 e. The number of hydrogen-bond acceptors (Lipinski definition) is 1. The molecule has 0 aliphatic rings. The van der Waals surface area contributed by atoms with E-state index in [4.69, 9.17) is 27.6 Å². The van der Waals surface area contributed by atoms with E-state index in [-0.39, 0.29) is 0 Å². The van der Waals surface area contributed by atoms with Crippen molar-refractivity contribution in [3.05, 3.63) is 69.7 Å². The predicted molar refractivity (Wildman–Crippen MR) is 93.8 cm³/mol. The quantitative estimate of drug-likeness (QED) is 0.611. The van der Waals surface area contributed by atoms with E-state index in [1.165, 1.54) is 0 Å². The molecular weight excluding hydrogens is 319 g/mol. The minimum absolute atomic E-state index is 0.500. The lowest BCUT2D eigenvalue weighted by Gasteiger charge is -2.37. The predicted octanol–water partition coefficient (Wildman–Crippen LogP) is 6.11. The summed E-state index contributed by atoms with van der Waals surface area (Å²) in [6.07, 6.45) is 0. The lowest BCUT2D eigenvalue weighted by atomic mass is 9.88. The van der Waals surface area contributed by atoms with Gasteiger partial charge in [0.15, 0.2) is 8.32 Å². The number of hydrogen-bond donors (Lipinski definition) is 0. The summed E-state index contributed by atoms with van der Waals surface area (Å²) in [6, 6.07) is 15.7. The molecule has 1 nitrogen and oxygen atoms in total. The molecule has 21 heavy (non-hydrogen) atoms. The van der Waals surface area contributed by atoms with Gasteiger partial charge in [0.2, 0.25) is 0 Å². The van der Waals surface area contributed by atoms with Gasteiger partial charge in [0.25, 0.3) is 0 Å². The van der Waals surface area contributed by atoms with Crippen LogP contribution in [0.2, 0.25) is 29.7 Å². The van der Waals surface area contributed by atoms with Crippen LogP contribution in [0.3, 0.4) is 0 Å². The van der Waals surface area contributed by atoms with E-state index in [1.807, 2.05) is 48.5 Å². The van der Waals surface area contributed by atoms with E-state index in [2.05, 4.69) is 26.6 Å². The number of halogens is 2. The Kier molecular flexibility index (Phi) is 4.84. The molecule has 112 valence electrons. The highest BCUT2D eigenvalue weighted by molar-refractivity contribution is 6.69. The smallest absolute Gasteiger partial charge is 0.185 e. The highest BCUT2D eigenvalue weighted by atomic mass is 35.5. The third-order valence-corrected chi connectivity index (χ3v) is 4.83. The molecule has 0 aliphatic heterocycles. The zero-order valence-electron chi connectivity index (χ0n) is 12.8. The summed E-state index contributed by atoms with van der Waals surface area (Å²) in [4.78, 5) is 0. The van der Waals surface area contributed by atoms with E-state index < -0.39 is 13.9 Å². The second-order valence-electron chi connectivity index (χ2n) is 6.26. The first kappa shape index (κ1) is 16.6. The number of rotatable bonds is 4. The molecule has 0 heterocycles. The Morgan fingerprint density at radius 3 is 1.38 bits per heavy atom. The van der Waals surface area contributed by atoms with Crippen molar-refractivity contribution in [3.8, 4) is 0 Å². The van der Waals surface area contributed by atoms with Crippen molar-refractivity contribution in [2.24, 2.45) is 0 Å². The molecule has 0 radical (unpaired) electrons. The lowest BCUT2D eigenvalue weighted by molar-refractivity contribution is 0.124.